The summed E-state index contributed by atoms with van der Waals surface area (Å²) in [7, 11) is 1.35. The summed E-state index contributed by atoms with van der Waals surface area (Å²) in [6.45, 7) is 1.24. The quantitative estimate of drug-likeness (QED) is 0.514. The predicted octanol–water partition coefficient (Wildman–Crippen LogP) is 4.76. The van der Waals surface area contributed by atoms with Gasteiger partial charge in [-0.05, 0) is 48.7 Å². The molecule has 3 aromatic rings. The summed E-state index contributed by atoms with van der Waals surface area (Å²) in [6, 6.07) is 12.2. The molecular weight excluding hydrogens is 423 g/mol. The second-order valence-electron chi connectivity index (χ2n) is 7.24. The molecule has 0 atom stereocenters. The Morgan fingerprint density at radius 2 is 1.81 bits per heavy atom. The molecule has 0 fully saturated rings. The molecule has 0 bridgehead atoms. The number of alkyl halides is 3. The Labute approximate surface area is 184 Å². The van der Waals surface area contributed by atoms with Crippen molar-refractivity contribution in [2.75, 3.05) is 19.0 Å². The van der Waals surface area contributed by atoms with Crippen LogP contribution < -0.4 is 14.8 Å². The fraction of sp³-hybridized carbons (Fsp3) is 0.304. The van der Waals surface area contributed by atoms with E-state index in [9.17, 15) is 18.0 Å². The van der Waals surface area contributed by atoms with Gasteiger partial charge in [0.05, 0.1) is 7.11 Å². The van der Waals surface area contributed by atoms with Gasteiger partial charge in [0, 0.05) is 31.0 Å². The molecule has 0 radical (unpaired) electrons. The summed E-state index contributed by atoms with van der Waals surface area (Å²) in [5.74, 6) is 0.957. The van der Waals surface area contributed by atoms with E-state index in [1.807, 2.05) is 42.0 Å². The Kier molecular flexibility index (Phi) is 7.40. The lowest BCUT2D eigenvalue weighted by Crippen LogP contribution is -2.19. The molecule has 0 saturated carbocycles. The van der Waals surface area contributed by atoms with Crippen molar-refractivity contribution in [1.29, 1.82) is 0 Å². The van der Waals surface area contributed by atoms with Crippen LogP contribution in [-0.4, -0.2) is 35.4 Å². The fourth-order valence-corrected chi connectivity index (χ4v) is 3.09. The molecule has 6 nitrogen and oxygen atoms in total. The molecule has 3 rings (SSSR count). The van der Waals surface area contributed by atoms with E-state index in [0.717, 1.165) is 17.0 Å². The molecule has 2 aromatic carbocycles. The number of halogens is 3. The number of carbonyl (C=O) groups is 1. The van der Waals surface area contributed by atoms with Crippen molar-refractivity contribution < 1.29 is 27.4 Å². The largest absolute Gasteiger partial charge is 0.493 e. The highest BCUT2D eigenvalue weighted by Gasteiger charge is 2.29. The molecule has 1 heterocycles. The number of imidazole rings is 1. The van der Waals surface area contributed by atoms with Crippen molar-refractivity contribution in [3.63, 3.8) is 0 Å². The summed E-state index contributed by atoms with van der Waals surface area (Å²) in [5.41, 5.74) is 2.53. The van der Waals surface area contributed by atoms with Crippen LogP contribution in [0.3, 0.4) is 0 Å². The monoisotopic (exact) mass is 447 g/mol. The number of amides is 1. The van der Waals surface area contributed by atoms with E-state index in [4.69, 9.17) is 9.47 Å². The van der Waals surface area contributed by atoms with Crippen LogP contribution in [0.2, 0.25) is 0 Å². The topological polar surface area (TPSA) is 65.4 Å². The molecule has 0 aliphatic carbocycles. The van der Waals surface area contributed by atoms with E-state index in [2.05, 4.69) is 10.3 Å². The van der Waals surface area contributed by atoms with Crippen LogP contribution >= 0.6 is 0 Å². The van der Waals surface area contributed by atoms with E-state index in [-0.39, 0.29) is 23.8 Å². The molecule has 32 heavy (non-hydrogen) atoms. The van der Waals surface area contributed by atoms with Crippen molar-refractivity contribution in [3.05, 3.63) is 71.8 Å². The van der Waals surface area contributed by atoms with Crippen LogP contribution in [0.1, 0.15) is 23.4 Å². The first kappa shape index (κ1) is 23.2. The zero-order valence-electron chi connectivity index (χ0n) is 17.8. The Balaban J connectivity index is 1.51. The number of nitrogens with one attached hydrogen (secondary N) is 1. The van der Waals surface area contributed by atoms with Crippen LogP contribution in [0.5, 0.6) is 11.5 Å². The molecule has 1 N–H and O–H groups in total. The molecule has 1 amide bonds. The van der Waals surface area contributed by atoms with E-state index in [1.165, 1.54) is 13.2 Å². The van der Waals surface area contributed by atoms with E-state index >= 15 is 0 Å². The third-order valence-electron chi connectivity index (χ3n) is 4.77. The number of aryl methyl sites for hydroxylation is 2. The van der Waals surface area contributed by atoms with Crippen molar-refractivity contribution in [2.45, 2.75) is 32.5 Å². The number of nitrogens with zero attached hydrogens (tertiary/aromatic N) is 2. The lowest BCUT2D eigenvalue weighted by atomic mass is 10.1. The van der Waals surface area contributed by atoms with E-state index < -0.39 is 12.8 Å². The number of methoxy groups -OCH3 is 1. The third kappa shape index (κ3) is 6.76. The van der Waals surface area contributed by atoms with Crippen LogP contribution in [0, 0.1) is 6.92 Å². The molecule has 0 spiro atoms. The average Bonchev–Trinajstić information content (AvgIpc) is 3.16. The fourth-order valence-electron chi connectivity index (χ4n) is 3.09. The SMILES string of the molecule is COc1cc(CCC(=O)Nc2ccc(Cn3ccnc3C)cc2)ccc1OCC(F)(F)F. The highest BCUT2D eigenvalue weighted by Crippen LogP contribution is 2.30. The van der Waals surface area contributed by atoms with Gasteiger partial charge in [0.25, 0.3) is 0 Å². The standard InChI is InChI=1S/C23H24F3N3O3/c1-16-27-11-12-29(16)14-18-3-7-19(8-4-18)28-22(30)10-6-17-5-9-20(21(13-17)31-2)32-15-23(24,25)26/h3-5,7-9,11-13H,6,10,14-15H2,1-2H3,(H,28,30). The Morgan fingerprint density at radius 3 is 2.44 bits per heavy atom. The van der Waals surface area contributed by atoms with Gasteiger partial charge in [-0.25, -0.2) is 4.98 Å². The molecule has 0 aliphatic heterocycles. The summed E-state index contributed by atoms with van der Waals surface area (Å²) >= 11 is 0. The number of carbonyl (C=O) groups excluding carboxylic acids is 1. The summed E-state index contributed by atoms with van der Waals surface area (Å²) in [6.07, 6.45) is -0.155. The first-order chi connectivity index (χ1) is 15.2. The minimum atomic E-state index is -4.43. The van der Waals surface area contributed by atoms with E-state index in [1.54, 1.807) is 18.3 Å². The highest BCUT2D eigenvalue weighted by atomic mass is 19.4. The first-order valence-corrected chi connectivity index (χ1v) is 9.96. The van der Waals surface area contributed by atoms with Gasteiger partial charge in [-0.3, -0.25) is 4.79 Å². The molecule has 0 saturated heterocycles. The van der Waals surface area contributed by atoms with Crippen molar-refractivity contribution in [1.82, 2.24) is 9.55 Å². The lowest BCUT2D eigenvalue weighted by molar-refractivity contribution is -0.153. The summed E-state index contributed by atoms with van der Waals surface area (Å²) < 4.78 is 49.0. The van der Waals surface area contributed by atoms with Crippen molar-refractivity contribution in [3.8, 4) is 11.5 Å². The second-order valence-corrected chi connectivity index (χ2v) is 7.24. The van der Waals surface area contributed by atoms with Gasteiger partial charge in [-0.1, -0.05) is 18.2 Å². The number of hydrogen-bond donors (Lipinski definition) is 1. The van der Waals surface area contributed by atoms with Crippen molar-refractivity contribution >= 4 is 11.6 Å². The zero-order valence-corrected chi connectivity index (χ0v) is 17.8. The van der Waals surface area contributed by atoms with Crippen LogP contribution in [0.15, 0.2) is 54.9 Å². The summed E-state index contributed by atoms with van der Waals surface area (Å²) in [5, 5.41) is 2.85. The maximum absolute atomic E-state index is 12.4. The first-order valence-electron chi connectivity index (χ1n) is 9.96. The molecular formula is C23H24F3N3O3. The molecule has 170 valence electrons. The van der Waals surface area contributed by atoms with Crippen LogP contribution in [0.25, 0.3) is 0 Å². The zero-order chi connectivity index (χ0) is 23.1. The van der Waals surface area contributed by atoms with Gasteiger partial charge < -0.3 is 19.4 Å². The van der Waals surface area contributed by atoms with Crippen LogP contribution in [0.4, 0.5) is 18.9 Å². The third-order valence-corrected chi connectivity index (χ3v) is 4.77. The molecule has 9 heteroatoms. The maximum atomic E-state index is 12.4. The van der Waals surface area contributed by atoms with Gasteiger partial charge in [0.2, 0.25) is 5.91 Å². The molecule has 0 unspecified atom stereocenters. The number of aromatic nitrogens is 2. The highest BCUT2D eigenvalue weighted by molar-refractivity contribution is 5.90. The minimum Gasteiger partial charge on any atom is -0.493 e. The maximum Gasteiger partial charge on any atom is 0.422 e. The van der Waals surface area contributed by atoms with Gasteiger partial charge in [-0.15, -0.1) is 0 Å². The smallest absolute Gasteiger partial charge is 0.422 e. The number of ether oxygens (including phenoxy) is 2. The Hall–Kier alpha value is -3.49. The van der Waals surface area contributed by atoms with Gasteiger partial charge in [0.1, 0.15) is 5.82 Å². The van der Waals surface area contributed by atoms with Gasteiger partial charge >= 0.3 is 6.18 Å². The number of rotatable bonds is 9. The Morgan fingerprint density at radius 1 is 1.09 bits per heavy atom. The lowest BCUT2D eigenvalue weighted by Gasteiger charge is -2.13. The normalized spacial score (nSPS) is 11.3. The minimum absolute atomic E-state index is 0.00371. The van der Waals surface area contributed by atoms with Gasteiger partial charge in [-0.2, -0.15) is 13.2 Å². The van der Waals surface area contributed by atoms with Crippen LogP contribution in [-0.2, 0) is 17.8 Å². The average molecular weight is 447 g/mol. The predicted molar refractivity (Wildman–Crippen MR) is 114 cm³/mol. The Bertz CT molecular complexity index is 1050. The summed E-state index contributed by atoms with van der Waals surface area (Å²) in [4.78, 5) is 16.5. The number of hydrogen-bond acceptors (Lipinski definition) is 4. The number of anilines is 1. The second kappa shape index (κ2) is 10.2. The van der Waals surface area contributed by atoms with E-state index in [0.29, 0.717) is 18.7 Å². The van der Waals surface area contributed by atoms with Gasteiger partial charge in [0.15, 0.2) is 18.1 Å². The molecule has 0 aliphatic rings. The van der Waals surface area contributed by atoms with Crippen molar-refractivity contribution in [2.24, 2.45) is 0 Å². The number of benzene rings is 2. The molecule has 1 aromatic heterocycles.